The lowest BCUT2D eigenvalue weighted by Crippen LogP contribution is -2.57. The minimum atomic E-state index is -0.464. The lowest BCUT2D eigenvalue weighted by atomic mass is 10.1. The normalized spacial score (nSPS) is 26.3. The molecule has 0 aliphatic carbocycles. The van der Waals surface area contributed by atoms with Gasteiger partial charge in [-0.25, -0.2) is 0 Å². The fourth-order valence-electron chi connectivity index (χ4n) is 1.65. The topological polar surface area (TPSA) is 49.9 Å². The summed E-state index contributed by atoms with van der Waals surface area (Å²) >= 11 is 0. The molecule has 15 heavy (non-hydrogen) atoms. The molecule has 0 bridgehead atoms. The fourth-order valence-corrected chi connectivity index (χ4v) is 1.65. The second-order valence-electron chi connectivity index (χ2n) is 4.06. The second kappa shape index (κ2) is 4.61. The molecule has 1 saturated heterocycles. The number of likely N-dealkylation sites (N-methyl/N-ethyl adjacent to an activating group) is 1. The Morgan fingerprint density at radius 1 is 1.40 bits per heavy atom. The van der Waals surface area contributed by atoms with E-state index in [9.17, 15) is 9.59 Å². The van der Waals surface area contributed by atoms with Crippen LogP contribution < -0.4 is 0 Å². The van der Waals surface area contributed by atoms with E-state index in [4.69, 9.17) is 4.74 Å². The highest BCUT2D eigenvalue weighted by atomic mass is 16.5. The number of carbonyl (C=O) groups excluding carboxylic acids is 2. The molecule has 0 aromatic rings. The average molecular weight is 214 g/mol. The van der Waals surface area contributed by atoms with Crippen LogP contribution in [0.5, 0.6) is 0 Å². The van der Waals surface area contributed by atoms with Gasteiger partial charge in [-0.05, 0) is 6.92 Å². The van der Waals surface area contributed by atoms with Gasteiger partial charge >= 0.3 is 0 Å². The number of morpholine rings is 1. The van der Waals surface area contributed by atoms with Gasteiger partial charge < -0.3 is 14.5 Å². The van der Waals surface area contributed by atoms with E-state index in [2.05, 4.69) is 0 Å². The number of hydrogen-bond donors (Lipinski definition) is 0. The minimum absolute atomic E-state index is 0.000104. The summed E-state index contributed by atoms with van der Waals surface area (Å²) in [6, 6.07) is -0.464. The Kier molecular flexibility index (Phi) is 3.68. The molecule has 5 heteroatoms. The number of amides is 2. The molecule has 2 atom stereocenters. The van der Waals surface area contributed by atoms with Crippen LogP contribution in [0.1, 0.15) is 13.8 Å². The molecule has 1 fully saturated rings. The van der Waals surface area contributed by atoms with Crippen LogP contribution in [0.3, 0.4) is 0 Å². The van der Waals surface area contributed by atoms with Gasteiger partial charge in [-0.15, -0.1) is 0 Å². The van der Waals surface area contributed by atoms with Crippen LogP contribution in [-0.2, 0) is 14.3 Å². The maximum Gasteiger partial charge on any atom is 0.247 e. The van der Waals surface area contributed by atoms with Gasteiger partial charge in [0.2, 0.25) is 11.8 Å². The van der Waals surface area contributed by atoms with Crippen LogP contribution in [0.4, 0.5) is 0 Å². The monoisotopic (exact) mass is 214 g/mol. The van der Waals surface area contributed by atoms with Crippen molar-refractivity contribution in [3.63, 3.8) is 0 Å². The number of hydrogen-bond acceptors (Lipinski definition) is 3. The highest BCUT2D eigenvalue weighted by Gasteiger charge is 2.34. The largest absolute Gasteiger partial charge is 0.374 e. The molecule has 86 valence electrons. The molecule has 5 nitrogen and oxygen atoms in total. The summed E-state index contributed by atoms with van der Waals surface area (Å²) in [5.41, 5.74) is 0. The Morgan fingerprint density at radius 3 is 2.47 bits per heavy atom. The summed E-state index contributed by atoms with van der Waals surface area (Å²) in [7, 11) is 3.36. The first-order valence-electron chi connectivity index (χ1n) is 5.03. The maximum atomic E-state index is 11.8. The first-order valence-corrected chi connectivity index (χ1v) is 5.03. The van der Waals surface area contributed by atoms with Crippen molar-refractivity contribution in [1.82, 2.24) is 9.80 Å². The van der Waals surface area contributed by atoms with Gasteiger partial charge in [0.15, 0.2) is 0 Å². The molecule has 0 N–H and O–H groups in total. The number of nitrogens with zero attached hydrogens (tertiary/aromatic N) is 2. The van der Waals surface area contributed by atoms with Gasteiger partial charge in [-0.1, -0.05) is 0 Å². The minimum Gasteiger partial charge on any atom is -0.374 e. The van der Waals surface area contributed by atoms with E-state index in [0.717, 1.165) is 0 Å². The SMILES string of the molecule is CC(=O)N1CC(C)OCC1C(=O)N(C)C. The van der Waals surface area contributed by atoms with Gasteiger partial charge in [-0.2, -0.15) is 0 Å². The molecule has 0 aromatic heterocycles. The van der Waals surface area contributed by atoms with Crippen molar-refractivity contribution in [3.8, 4) is 0 Å². The number of rotatable bonds is 1. The molecule has 1 aliphatic heterocycles. The molecular weight excluding hydrogens is 196 g/mol. The summed E-state index contributed by atoms with van der Waals surface area (Å²) in [6.45, 7) is 4.15. The highest BCUT2D eigenvalue weighted by molar-refractivity contribution is 5.87. The number of carbonyl (C=O) groups is 2. The Balaban J connectivity index is 2.77. The summed E-state index contributed by atoms with van der Waals surface area (Å²) in [5, 5.41) is 0. The standard InChI is InChI=1S/C10H18N2O3/c1-7-5-12(8(2)13)9(6-15-7)10(14)11(3)4/h7,9H,5-6H2,1-4H3. The van der Waals surface area contributed by atoms with E-state index >= 15 is 0 Å². The van der Waals surface area contributed by atoms with E-state index in [1.165, 1.54) is 11.8 Å². The molecule has 1 rings (SSSR count). The summed E-state index contributed by atoms with van der Waals surface area (Å²) < 4.78 is 5.40. The van der Waals surface area contributed by atoms with Gasteiger partial charge in [0, 0.05) is 27.6 Å². The Morgan fingerprint density at radius 2 is 2.00 bits per heavy atom. The van der Waals surface area contributed by atoms with E-state index < -0.39 is 6.04 Å². The Labute approximate surface area is 90.0 Å². The summed E-state index contributed by atoms with van der Waals surface area (Å²) in [4.78, 5) is 26.2. The quantitative estimate of drug-likeness (QED) is 0.602. The van der Waals surface area contributed by atoms with Crippen molar-refractivity contribution in [2.75, 3.05) is 27.2 Å². The van der Waals surface area contributed by atoms with E-state index in [-0.39, 0.29) is 24.5 Å². The lowest BCUT2D eigenvalue weighted by Gasteiger charge is -2.38. The van der Waals surface area contributed by atoms with Crippen molar-refractivity contribution in [1.29, 1.82) is 0 Å². The van der Waals surface area contributed by atoms with Gasteiger partial charge in [0.25, 0.3) is 0 Å². The van der Waals surface area contributed by atoms with Gasteiger partial charge in [0.1, 0.15) is 6.04 Å². The Hall–Kier alpha value is -1.10. The van der Waals surface area contributed by atoms with Gasteiger partial charge in [-0.3, -0.25) is 9.59 Å². The summed E-state index contributed by atoms with van der Waals surface area (Å²) in [5.74, 6) is -0.164. The van der Waals surface area contributed by atoms with Crippen LogP contribution in [0, 0.1) is 0 Å². The Bertz CT molecular complexity index is 265. The van der Waals surface area contributed by atoms with Crippen LogP contribution >= 0.6 is 0 Å². The van der Waals surface area contributed by atoms with Crippen LogP contribution in [0.2, 0.25) is 0 Å². The molecule has 0 spiro atoms. The predicted molar refractivity (Wildman–Crippen MR) is 55.3 cm³/mol. The van der Waals surface area contributed by atoms with Crippen LogP contribution in [0.25, 0.3) is 0 Å². The molecular formula is C10H18N2O3. The van der Waals surface area contributed by atoms with E-state index in [1.807, 2.05) is 6.92 Å². The third-order valence-corrected chi connectivity index (χ3v) is 2.50. The zero-order chi connectivity index (χ0) is 11.6. The van der Waals surface area contributed by atoms with E-state index in [0.29, 0.717) is 6.54 Å². The van der Waals surface area contributed by atoms with Crippen molar-refractivity contribution in [3.05, 3.63) is 0 Å². The molecule has 1 heterocycles. The fraction of sp³-hybridized carbons (Fsp3) is 0.800. The molecule has 0 radical (unpaired) electrons. The van der Waals surface area contributed by atoms with Crippen molar-refractivity contribution < 1.29 is 14.3 Å². The molecule has 0 saturated carbocycles. The van der Waals surface area contributed by atoms with Crippen LogP contribution in [-0.4, -0.2) is 61.0 Å². The second-order valence-corrected chi connectivity index (χ2v) is 4.06. The first-order chi connectivity index (χ1) is 6.93. The van der Waals surface area contributed by atoms with Gasteiger partial charge in [0.05, 0.1) is 12.7 Å². The van der Waals surface area contributed by atoms with Crippen molar-refractivity contribution >= 4 is 11.8 Å². The van der Waals surface area contributed by atoms with E-state index in [1.54, 1.807) is 19.0 Å². The maximum absolute atomic E-state index is 11.8. The first kappa shape index (κ1) is 12.0. The third kappa shape index (κ3) is 2.68. The van der Waals surface area contributed by atoms with Crippen molar-refractivity contribution in [2.45, 2.75) is 26.0 Å². The smallest absolute Gasteiger partial charge is 0.247 e. The highest BCUT2D eigenvalue weighted by Crippen LogP contribution is 2.13. The lowest BCUT2D eigenvalue weighted by molar-refractivity contribution is -0.155. The summed E-state index contributed by atoms with van der Waals surface area (Å²) in [6.07, 6.45) is 0.000104. The third-order valence-electron chi connectivity index (χ3n) is 2.50. The molecule has 2 unspecified atom stereocenters. The zero-order valence-corrected chi connectivity index (χ0v) is 9.69. The zero-order valence-electron chi connectivity index (χ0n) is 9.69. The van der Waals surface area contributed by atoms with Crippen molar-refractivity contribution in [2.24, 2.45) is 0 Å². The molecule has 2 amide bonds. The molecule has 0 aromatic carbocycles. The molecule has 1 aliphatic rings. The number of ether oxygens (including phenoxy) is 1. The average Bonchev–Trinajstić information content (AvgIpc) is 2.16. The predicted octanol–water partition coefficient (Wildman–Crippen LogP) is -0.290. The van der Waals surface area contributed by atoms with Crippen LogP contribution in [0.15, 0.2) is 0 Å².